The van der Waals surface area contributed by atoms with Crippen molar-refractivity contribution in [3.8, 4) is 5.75 Å². The van der Waals surface area contributed by atoms with Gasteiger partial charge in [-0.25, -0.2) is 8.42 Å². The fraction of sp³-hybridized carbons (Fsp3) is 0.562. The van der Waals surface area contributed by atoms with E-state index in [0.717, 1.165) is 0 Å². The van der Waals surface area contributed by atoms with E-state index >= 15 is 0 Å². The van der Waals surface area contributed by atoms with Crippen LogP contribution in [0, 0.1) is 0 Å². The van der Waals surface area contributed by atoms with E-state index in [-0.39, 0.29) is 12.5 Å². The van der Waals surface area contributed by atoms with Gasteiger partial charge in [0, 0.05) is 0 Å². The molecule has 0 aromatic heterocycles. The van der Waals surface area contributed by atoms with Crippen LogP contribution in [0.4, 0.5) is 0 Å². The van der Waals surface area contributed by atoms with Gasteiger partial charge >= 0.3 is 5.97 Å². The fourth-order valence-corrected chi connectivity index (χ4v) is 4.46. The number of piperidine rings is 1. The number of hydrogen-bond acceptors (Lipinski definition) is 6. The molecule has 1 heterocycles. The zero-order valence-corrected chi connectivity index (χ0v) is 14.3. The summed E-state index contributed by atoms with van der Waals surface area (Å²) in [5, 5.41) is -0.408. The third-order valence-corrected chi connectivity index (χ3v) is 6.30. The summed E-state index contributed by atoms with van der Waals surface area (Å²) in [6.45, 7) is 3.52. The second-order valence-electron chi connectivity index (χ2n) is 5.50. The number of esters is 1. The van der Waals surface area contributed by atoms with Crippen LogP contribution in [0.25, 0.3) is 0 Å². The molecular formula is C16H23NO5S. The topological polar surface area (TPSA) is 72.9 Å². The predicted molar refractivity (Wildman–Crippen MR) is 86.3 cm³/mol. The number of likely N-dealkylation sites (tertiary alicyclic amines) is 1. The van der Waals surface area contributed by atoms with Crippen LogP contribution in [0.15, 0.2) is 29.2 Å². The average molecular weight is 341 g/mol. The molecule has 1 aromatic rings. The number of nitrogens with zero attached hydrogens (tertiary/aromatic N) is 1. The first-order valence-corrected chi connectivity index (χ1v) is 9.28. The maximum absolute atomic E-state index is 12.7. The largest absolute Gasteiger partial charge is 0.497 e. The first kappa shape index (κ1) is 17.7. The van der Waals surface area contributed by atoms with Gasteiger partial charge in [-0.2, -0.15) is 0 Å². The molecule has 0 saturated carbocycles. The van der Waals surface area contributed by atoms with Gasteiger partial charge in [-0.15, -0.1) is 0 Å². The number of carbonyl (C=O) groups is 1. The van der Waals surface area contributed by atoms with Crippen molar-refractivity contribution in [1.82, 2.24) is 4.90 Å². The fourth-order valence-electron chi connectivity index (χ4n) is 2.72. The van der Waals surface area contributed by atoms with E-state index in [1.165, 1.54) is 0 Å². The minimum Gasteiger partial charge on any atom is -0.497 e. The second-order valence-corrected chi connectivity index (χ2v) is 7.73. The van der Waals surface area contributed by atoms with Gasteiger partial charge < -0.3 is 9.47 Å². The van der Waals surface area contributed by atoms with Crippen LogP contribution in [0.2, 0.25) is 0 Å². The van der Waals surface area contributed by atoms with Gasteiger partial charge in [-0.3, -0.25) is 9.69 Å². The van der Waals surface area contributed by atoms with E-state index in [1.807, 2.05) is 4.90 Å². The maximum Gasteiger partial charge on any atom is 0.320 e. The SMILES string of the molecule is CCOC(=O)CN1CCC(S(=O)(=O)c2ccc(OC)cc2)CC1. The molecule has 0 N–H and O–H groups in total. The van der Waals surface area contributed by atoms with Gasteiger partial charge in [0.1, 0.15) is 5.75 Å². The van der Waals surface area contributed by atoms with Gasteiger partial charge in [0.25, 0.3) is 0 Å². The second kappa shape index (κ2) is 7.79. The van der Waals surface area contributed by atoms with Crippen LogP contribution in [-0.4, -0.2) is 57.9 Å². The Morgan fingerprint density at radius 1 is 1.22 bits per heavy atom. The summed E-state index contributed by atoms with van der Waals surface area (Å²) in [4.78, 5) is 13.7. The highest BCUT2D eigenvalue weighted by Gasteiger charge is 2.31. The Morgan fingerprint density at radius 3 is 2.35 bits per heavy atom. The van der Waals surface area contributed by atoms with Crippen LogP contribution in [0.3, 0.4) is 0 Å². The van der Waals surface area contributed by atoms with Gasteiger partial charge in [0.2, 0.25) is 0 Å². The summed E-state index contributed by atoms with van der Waals surface area (Å²) in [7, 11) is -1.80. The van der Waals surface area contributed by atoms with Crippen molar-refractivity contribution < 1.29 is 22.7 Å². The molecule has 0 bridgehead atoms. The minimum atomic E-state index is -3.35. The van der Waals surface area contributed by atoms with E-state index in [0.29, 0.717) is 43.2 Å². The molecule has 7 heteroatoms. The summed E-state index contributed by atoms with van der Waals surface area (Å²) >= 11 is 0. The Balaban J connectivity index is 1.96. The Morgan fingerprint density at radius 2 is 1.83 bits per heavy atom. The number of carbonyl (C=O) groups excluding carboxylic acids is 1. The van der Waals surface area contributed by atoms with Crippen molar-refractivity contribution >= 4 is 15.8 Å². The molecule has 0 radical (unpaired) electrons. The molecule has 1 aliphatic rings. The lowest BCUT2D eigenvalue weighted by atomic mass is 10.1. The summed E-state index contributed by atoms with van der Waals surface area (Å²) in [6, 6.07) is 6.48. The normalized spacial score (nSPS) is 17.0. The zero-order chi connectivity index (χ0) is 16.9. The molecule has 1 aliphatic heterocycles. The molecule has 1 aromatic carbocycles. The summed E-state index contributed by atoms with van der Waals surface area (Å²) < 4.78 is 35.3. The van der Waals surface area contributed by atoms with E-state index in [1.54, 1.807) is 38.3 Å². The third-order valence-electron chi connectivity index (χ3n) is 4.02. The average Bonchev–Trinajstić information content (AvgIpc) is 2.55. The van der Waals surface area contributed by atoms with Crippen molar-refractivity contribution in [3.63, 3.8) is 0 Å². The number of benzene rings is 1. The van der Waals surface area contributed by atoms with Gasteiger partial charge in [0.15, 0.2) is 9.84 Å². The van der Waals surface area contributed by atoms with Crippen molar-refractivity contribution in [2.45, 2.75) is 29.9 Å². The highest BCUT2D eigenvalue weighted by molar-refractivity contribution is 7.92. The lowest BCUT2D eigenvalue weighted by Gasteiger charge is -2.30. The number of ether oxygens (including phenoxy) is 2. The number of rotatable bonds is 6. The Labute approximate surface area is 137 Å². The number of hydrogen-bond donors (Lipinski definition) is 0. The molecule has 0 aliphatic carbocycles. The lowest BCUT2D eigenvalue weighted by Crippen LogP contribution is -2.42. The monoisotopic (exact) mass is 341 g/mol. The standard InChI is InChI=1S/C16H23NO5S/c1-3-22-16(18)12-17-10-8-15(9-11-17)23(19,20)14-6-4-13(21-2)5-7-14/h4-7,15H,3,8-12H2,1-2H3. The van der Waals surface area contributed by atoms with Crippen molar-refractivity contribution in [3.05, 3.63) is 24.3 Å². The van der Waals surface area contributed by atoms with E-state index < -0.39 is 15.1 Å². The highest BCUT2D eigenvalue weighted by atomic mass is 32.2. The molecule has 1 saturated heterocycles. The minimum absolute atomic E-state index is 0.225. The van der Waals surface area contributed by atoms with Crippen LogP contribution < -0.4 is 4.74 Å². The molecule has 6 nitrogen and oxygen atoms in total. The highest BCUT2D eigenvalue weighted by Crippen LogP contribution is 2.26. The van der Waals surface area contributed by atoms with Crippen molar-refractivity contribution in [2.75, 3.05) is 33.4 Å². The Bertz CT molecular complexity index is 618. The predicted octanol–water partition coefficient (Wildman–Crippen LogP) is 1.50. The molecule has 0 spiro atoms. The molecule has 2 rings (SSSR count). The lowest BCUT2D eigenvalue weighted by molar-refractivity contribution is -0.144. The molecule has 0 atom stereocenters. The molecule has 1 fully saturated rings. The first-order chi connectivity index (χ1) is 11.0. The smallest absolute Gasteiger partial charge is 0.320 e. The van der Waals surface area contributed by atoms with E-state index in [9.17, 15) is 13.2 Å². The molecule has 0 amide bonds. The summed E-state index contributed by atoms with van der Waals surface area (Å²) in [6.07, 6.45) is 1.04. The van der Waals surface area contributed by atoms with Gasteiger partial charge in [-0.1, -0.05) is 0 Å². The summed E-state index contributed by atoms with van der Waals surface area (Å²) in [5.41, 5.74) is 0. The maximum atomic E-state index is 12.7. The van der Waals surface area contributed by atoms with Gasteiger partial charge in [-0.05, 0) is 57.1 Å². The first-order valence-electron chi connectivity index (χ1n) is 7.73. The Kier molecular flexibility index (Phi) is 6.01. The van der Waals surface area contributed by atoms with E-state index in [2.05, 4.69) is 0 Å². The van der Waals surface area contributed by atoms with Crippen LogP contribution in [-0.2, 0) is 19.4 Å². The number of sulfone groups is 1. The third kappa shape index (κ3) is 4.45. The summed E-state index contributed by atoms with van der Waals surface area (Å²) in [5.74, 6) is 0.372. The van der Waals surface area contributed by atoms with Crippen molar-refractivity contribution in [1.29, 1.82) is 0 Å². The van der Waals surface area contributed by atoms with Gasteiger partial charge in [0.05, 0.1) is 30.4 Å². The number of methoxy groups -OCH3 is 1. The molecular weight excluding hydrogens is 318 g/mol. The zero-order valence-electron chi connectivity index (χ0n) is 13.5. The molecule has 0 unspecified atom stereocenters. The van der Waals surface area contributed by atoms with E-state index in [4.69, 9.17) is 9.47 Å². The Hall–Kier alpha value is -1.60. The van der Waals surface area contributed by atoms with Crippen molar-refractivity contribution in [2.24, 2.45) is 0 Å². The molecule has 128 valence electrons. The molecule has 23 heavy (non-hydrogen) atoms. The van der Waals surface area contributed by atoms with Crippen LogP contribution in [0.1, 0.15) is 19.8 Å². The van der Waals surface area contributed by atoms with Crippen LogP contribution in [0.5, 0.6) is 5.75 Å². The van der Waals surface area contributed by atoms with Crippen LogP contribution >= 0.6 is 0 Å². The quantitative estimate of drug-likeness (QED) is 0.730.